The Labute approximate surface area is 93.8 Å². The molecule has 84 valence electrons. The van der Waals surface area contributed by atoms with Crippen molar-refractivity contribution in [2.45, 2.75) is 19.1 Å². The lowest BCUT2D eigenvalue weighted by molar-refractivity contribution is 0.590. The second kappa shape index (κ2) is 3.07. The van der Waals surface area contributed by atoms with Crippen LogP contribution in [0.3, 0.4) is 0 Å². The van der Waals surface area contributed by atoms with E-state index in [0.717, 1.165) is 22.6 Å². The SMILES string of the molecule is Cc1ccc2nc3c(n2c1)CS(=O)(=O)CC3. The second-order valence-corrected chi connectivity index (χ2v) is 6.47. The summed E-state index contributed by atoms with van der Waals surface area (Å²) in [6, 6.07) is 3.92. The second-order valence-electron chi connectivity index (χ2n) is 4.28. The van der Waals surface area contributed by atoms with Crippen LogP contribution in [0.25, 0.3) is 5.65 Å². The molecule has 1 aliphatic rings. The highest BCUT2D eigenvalue weighted by atomic mass is 32.2. The Kier molecular flexibility index (Phi) is 1.89. The molecule has 0 N–H and O–H groups in total. The van der Waals surface area contributed by atoms with E-state index >= 15 is 0 Å². The molecule has 16 heavy (non-hydrogen) atoms. The molecular formula is C11H12N2O2S. The lowest BCUT2D eigenvalue weighted by atomic mass is 10.2. The molecule has 0 spiro atoms. The smallest absolute Gasteiger partial charge is 0.156 e. The molecule has 5 heteroatoms. The number of nitrogens with zero attached hydrogens (tertiary/aromatic N) is 2. The molecule has 0 unspecified atom stereocenters. The van der Waals surface area contributed by atoms with E-state index in [0.29, 0.717) is 6.42 Å². The summed E-state index contributed by atoms with van der Waals surface area (Å²) < 4.78 is 25.1. The normalized spacial score (nSPS) is 18.6. The zero-order valence-corrected chi connectivity index (χ0v) is 9.79. The summed E-state index contributed by atoms with van der Waals surface area (Å²) in [6.45, 7) is 1.99. The average molecular weight is 236 g/mol. The van der Waals surface area contributed by atoms with Gasteiger partial charge in [0.05, 0.1) is 22.9 Å². The molecule has 0 saturated heterocycles. The molecule has 4 nitrogen and oxygen atoms in total. The number of hydrogen-bond acceptors (Lipinski definition) is 3. The van der Waals surface area contributed by atoms with Crippen LogP contribution in [-0.2, 0) is 22.0 Å². The van der Waals surface area contributed by atoms with Crippen LogP contribution in [-0.4, -0.2) is 23.6 Å². The van der Waals surface area contributed by atoms with Crippen molar-refractivity contribution in [1.29, 1.82) is 0 Å². The van der Waals surface area contributed by atoms with Crippen LogP contribution in [0.2, 0.25) is 0 Å². The third-order valence-corrected chi connectivity index (χ3v) is 4.49. The van der Waals surface area contributed by atoms with Crippen molar-refractivity contribution < 1.29 is 8.42 Å². The summed E-state index contributed by atoms with van der Waals surface area (Å²) in [5.41, 5.74) is 3.72. The lowest BCUT2D eigenvalue weighted by Crippen LogP contribution is -2.19. The first-order valence-electron chi connectivity index (χ1n) is 5.22. The summed E-state index contributed by atoms with van der Waals surface area (Å²) in [5.74, 6) is 0.343. The van der Waals surface area contributed by atoms with Gasteiger partial charge in [0.1, 0.15) is 5.65 Å². The number of pyridine rings is 1. The topological polar surface area (TPSA) is 51.4 Å². The number of fused-ring (bicyclic) bond motifs is 3. The number of imidazole rings is 1. The lowest BCUT2D eigenvalue weighted by Gasteiger charge is -2.11. The number of rotatable bonds is 0. The number of hydrogen-bond donors (Lipinski definition) is 0. The minimum absolute atomic E-state index is 0.118. The minimum Gasteiger partial charge on any atom is -0.302 e. The van der Waals surface area contributed by atoms with E-state index in [1.54, 1.807) is 0 Å². The molecular weight excluding hydrogens is 224 g/mol. The highest BCUT2D eigenvalue weighted by Crippen LogP contribution is 2.22. The van der Waals surface area contributed by atoms with Gasteiger partial charge in [-0.05, 0) is 18.6 Å². The van der Waals surface area contributed by atoms with Crippen LogP contribution in [0, 0.1) is 6.92 Å². The van der Waals surface area contributed by atoms with Crippen LogP contribution in [0.5, 0.6) is 0 Å². The first-order valence-corrected chi connectivity index (χ1v) is 7.04. The standard InChI is InChI=1S/C11H12N2O2S/c1-8-2-3-11-12-9-4-5-16(14,15)7-10(9)13(11)6-8/h2-3,6H,4-5,7H2,1H3. The Morgan fingerprint density at radius 2 is 2.19 bits per heavy atom. The fraction of sp³-hybridized carbons (Fsp3) is 0.364. The first-order chi connectivity index (χ1) is 7.55. The van der Waals surface area contributed by atoms with Gasteiger partial charge in [0.25, 0.3) is 0 Å². The Morgan fingerprint density at radius 3 is 3.00 bits per heavy atom. The number of aromatic nitrogens is 2. The molecule has 0 bridgehead atoms. The average Bonchev–Trinajstić information content (AvgIpc) is 2.55. The molecule has 0 aliphatic carbocycles. The van der Waals surface area contributed by atoms with Crippen molar-refractivity contribution in [1.82, 2.24) is 9.38 Å². The molecule has 0 radical (unpaired) electrons. The summed E-state index contributed by atoms with van der Waals surface area (Å²) in [5, 5.41) is 0. The van der Waals surface area contributed by atoms with Crippen molar-refractivity contribution in [2.75, 3.05) is 5.75 Å². The van der Waals surface area contributed by atoms with E-state index in [4.69, 9.17) is 0 Å². The van der Waals surface area contributed by atoms with E-state index in [-0.39, 0.29) is 11.5 Å². The van der Waals surface area contributed by atoms with Gasteiger partial charge in [-0.3, -0.25) is 0 Å². The maximum absolute atomic E-state index is 11.6. The Balaban J connectivity index is 2.31. The maximum atomic E-state index is 11.6. The largest absolute Gasteiger partial charge is 0.302 e. The van der Waals surface area contributed by atoms with Gasteiger partial charge in [0.15, 0.2) is 9.84 Å². The van der Waals surface area contributed by atoms with E-state index in [1.807, 2.05) is 29.7 Å². The summed E-state index contributed by atoms with van der Waals surface area (Å²) in [7, 11) is -2.93. The van der Waals surface area contributed by atoms with Crippen LogP contribution >= 0.6 is 0 Å². The van der Waals surface area contributed by atoms with E-state index < -0.39 is 9.84 Å². The molecule has 0 amide bonds. The third-order valence-electron chi connectivity index (χ3n) is 2.95. The van der Waals surface area contributed by atoms with Gasteiger partial charge in [0.2, 0.25) is 0 Å². The van der Waals surface area contributed by atoms with Gasteiger partial charge in [-0.15, -0.1) is 0 Å². The van der Waals surface area contributed by atoms with Gasteiger partial charge in [-0.25, -0.2) is 13.4 Å². The minimum atomic E-state index is -2.93. The molecule has 3 rings (SSSR count). The monoisotopic (exact) mass is 236 g/mol. The van der Waals surface area contributed by atoms with Gasteiger partial charge < -0.3 is 4.40 Å². The van der Waals surface area contributed by atoms with Gasteiger partial charge in [0, 0.05) is 12.6 Å². The van der Waals surface area contributed by atoms with Crippen LogP contribution in [0.1, 0.15) is 17.0 Å². The molecule has 1 aliphatic heterocycles. The fourth-order valence-corrected chi connectivity index (χ4v) is 3.50. The van der Waals surface area contributed by atoms with Crippen molar-refractivity contribution in [3.8, 4) is 0 Å². The molecule has 0 aromatic carbocycles. The Morgan fingerprint density at radius 1 is 1.38 bits per heavy atom. The highest BCUT2D eigenvalue weighted by molar-refractivity contribution is 7.90. The summed E-state index contributed by atoms with van der Waals surface area (Å²) in [6.07, 6.45) is 2.49. The molecule has 2 aromatic heterocycles. The predicted molar refractivity (Wildman–Crippen MR) is 61.1 cm³/mol. The van der Waals surface area contributed by atoms with Gasteiger partial charge >= 0.3 is 0 Å². The van der Waals surface area contributed by atoms with Crippen LogP contribution in [0.15, 0.2) is 18.3 Å². The first kappa shape index (κ1) is 9.84. The van der Waals surface area contributed by atoms with Crippen LogP contribution < -0.4 is 0 Å². The van der Waals surface area contributed by atoms with Crippen molar-refractivity contribution in [2.24, 2.45) is 0 Å². The Hall–Kier alpha value is -1.36. The summed E-state index contributed by atoms with van der Waals surface area (Å²) in [4.78, 5) is 4.46. The summed E-state index contributed by atoms with van der Waals surface area (Å²) >= 11 is 0. The number of sulfone groups is 1. The maximum Gasteiger partial charge on any atom is 0.156 e. The quantitative estimate of drug-likeness (QED) is 0.688. The molecule has 2 aromatic rings. The van der Waals surface area contributed by atoms with Gasteiger partial charge in [-0.2, -0.15) is 0 Å². The number of aryl methyl sites for hydroxylation is 2. The van der Waals surface area contributed by atoms with Gasteiger partial charge in [-0.1, -0.05) is 6.07 Å². The Bertz CT molecular complexity index is 671. The van der Waals surface area contributed by atoms with E-state index in [1.165, 1.54) is 0 Å². The van der Waals surface area contributed by atoms with E-state index in [9.17, 15) is 8.42 Å². The third kappa shape index (κ3) is 1.43. The molecule has 0 atom stereocenters. The highest BCUT2D eigenvalue weighted by Gasteiger charge is 2.25. The van der Waals surface area contributed by atoms with Crippen molar-refractivity contribution >= 4 is 15.5 Å². The van der Waals surface area contributed by atoms with E-state index in [2.05, 4.69) is 4.98 Å². The molecule has 0 fully saturated rings. The predicted octanol–water partition coefficient (Wildman–Crippen LogP) is 1.11. The van der Waals surface area contributed by atoms with Crippen molar-refractivity contribution in [3.63, 3.8) is 0 Å². The zero-order chi connectivity index (χ0) is 11.3. The fourth-order valence-electron chi connectivity index (χ4n) is 2.13. The van der Waals surface area contributed by atoms with Crippen molar-refractivity contribution in [3.05, 3.63) is 35.3 Å². The zero-order valence-electron chi connectivity index (χ0n) is 8.97. The molecule has 3 heterocycles. The van der Waals surface area contributed by atoms with Crippen LogP contribution in [0.4, 0.5) is 0 Å². The molecule has 0 saturated carbocycles.